The normalized spacial score (nSPS) is 11.4. The molecule has 0 bridgehead atoms. The third-order valence-corrected chi connectivity index (χ3v) is 4.01. The topological polar surface area (TPSA) is 74.7 Å². The van der Waals surface area contributed by atoms with Crippen molar-refractivity contribution in [3.63, 3.8) is 0 Å². The van der Waals surface area contributed by atoms with Crippen molar-refractivity contribution in [1.82, 2.24) is 4.68 Å². The second-order valence-corrected chi connectivity index (χ2v) is 5.50. The van der Waals surface area contributed by atoms with E-state index in [1.165, 1.54) is 0 Å². The smallest absolute Gasteiger partial charge is 0.0727 e. The monoisotopic (exact) mass is 299 g/mol. The average molecular weight is 299 g/mol. The summed E-state index contributed by atoms with van der Waals surface area (Å²) in [6.45, 7) is 3.05. The number of rotatable bonds is 5. The highest BCUT2D eigenvalue weighted by molar-refractivity contribution is 6.14. The van der Waals surface area contributed by atoms with Gasteiger partial charge in [-0.15, -0.1) is 0 Å². The number of hydrogen-bond donors (Lipinski definition) is 3. The van der Waals surface area contributed by atoms with Crippen molar-refractivity contribution in [1.29, 1.82) is 0 Å². The fourth-order valence-electron chi connectivity index (χ4n) is 3.08. The van der Waals surface area contributed by atoms with Gasteiger partial charge < -0.3 is 21.0 Å². The first-order valence-electron chi connectivity index (χ1n) is 7.43. The predicted molar refractivity (Wildman–Crippen MR) is 90.7 cm³/mol. The molecule has 0 aliphatic heterocycles. The molecule has 5 heteroatoms. The van der Waals surface area contributed by atoms with Gasteiger partial charge in [0.2, 0.25) is 0 Å². The largest absolute Gasteiger partial charge is 0.395 e. The fraction of sp³-hybridized carbons (Fsp3) is 0.294. The first-order valence-corrected chi connectivity index (χ1v) is 7.43. The lowest BCUT2D eigenvalue weighted by Gasteiger charge is -2.24. The van der Waals surface area contributed by atoms with Gasteiger partial charge in [0, 0.05) is 29.5 Å². The van der Waals surface area contributed by atoms with Crippen molar-refractivity contribution >= 4 is 27.5 Å². The maximum absolute atomic E-state index is 9.33. The van der Waals surface area contributed by atoms with E-state index in [1.807, 2.05) is 30.0 Å². The lowest BCUT2D eigenvalue weighted by atomic mass is 10.1. The molecule has 0 unspecified atom stereocenters. The number of anilines is 1. The molecule has 5 nitrogen and oxygen atoms in total. The second kappa shape index (κ2) is 5.87. The molecular formula is C17H21N3O2. The molecule has 22 heavy (non-hydrogen) atoms. The first kappa shape index (κ1) is 14.7. The minimum atomic E-state index is 0.0384. The lowest BCUT2D eigenvalue weighted by Crippen LogP contribution is -2.29. The van der Waals surface area contributed by atoms with Crippen LogP contribution in [0.2, 0.25) is 0 Å². The number of para-hydroxylation sites is 1. The Labute approximate surface area is 129 Å². The summed E-state index contributed by atoms with van der Waals surface area (Å²) in [6, 6.07) is 12.2. The molecule has 0 fully saturated rings. The minimum absolute atomic E-state index is 0.0384. The van der Waals surface area contributed by atoms with Crippen LogP contribution < -0.4 is 10.7 Å². The number of fused-ring (bicyclic) bond motifs is 3. The average Bonchev–Trinajstić information content (AvgIpc) is 2.80. The fourth-order valence-corrected chi connectivity index (χ4v) is 3.08. The van der Waals surface area contributed by atoms with Gasteiger partial charge >= 0.3 is 0 Å². The van der Waals surface area contributed by atoms with Crippen molar-refractivity contribution in [2.45, 2.75) is 6.92 Å². The van der Waals surface area contributed by atoms with Crippen LogP contribution in [0, 0.1) is 6.92 Å². The van der Waals surface area contributed by atoms with E-state index in [1.54, 1.807) is 4.68 Å². The molecule has 4 N–H and O–H groups in total. The number of aryl methyl sites for hydroxylation is 1. The molecule has 0 amide bonds. The van der Waals surface area contributed by atoms with Crippen LogP contribution in [0.4, 0.5) is 5.69 Å². The highest BCUT2D eigenvalue weighted by atomic mass is 16.3. The SMILES string of the molecule is Cc1cc(N(CCO)CCO)c2c3ccccc3n(N)c2c1. The summed E-state index contributed by atoms with van der Waals surface area (Å²) in [5.41, 5.74) is 4.02. The van der Waals surface area contributed by atoms with Gasteiger partial charge in [-0.05, 0) is 30.7 Å². The number of nitrogens with zero attached hydrogens (tertiary/aromatic N) is 2. The maximum Gasteiger partial charge on any atom is 0.0727 e. The van der Waals surface area contributed by atoms with E-state index in [0.717, 1.165) is 33.1 Å². The molecule has 0 radical (unpaired) electrons. The Morgan fingerprint density at radius 1 is 1.05 bits per heavy atom. The van der Waals surface area contributed by atoms with Gasteiger partial charge in [-0.3, -0.25) is 4.68 Å². The van der Waals surface area contributed by atoms with Crippen LogP contribution in [-0.2, 0) is 0 Å². The van der Waals surface area contributed by atoms with Crippen LogP contribution in [0.1, 0.15) is 5.56 Å². The van der Waals surface area contributed by atoms with Gasteiger partial charge in [0.05, 0.1) is 24.2 Å². The van der Waals surface area contributed by atoms with Crippen molar-refractivity contribution in [3.05, 3.63) is 42.0 Å². The lowest BCUT2D eigenvalue weighted by molar-refractivity contribution is 0.281. The Balaban J connectivity index is 2.35. The van der Waals surface area contributed by atoms with Crippen LogP contribution in [0.25, 0.3) is 21.8 Å². The zero-order valence-electron chi connectivity index (χ0n) is 12.7. The Bertz CT molecular complexity index is 804. The molecule has 0 saturated carbocycles. The van der Waals surface area contributed by atoms with Gasteiger partial charge in [-0.25, -0.2) is 0 Å². The molecule has 0 saturated heterocycles. The van der Waals surface area contributed by atoms with Gasteiger partial charge in [-0.1, -0.05) is 18.2 Å². The Morgan fingerprint density at radius 2 is 1.73 bits per heavy atom. The van der Waals surface area contributed by atoms with Crippen LogP contribution >= 0.6 is 0 Å². The van der Waals surface area contributed by atoms with E-state index in [9.17, 15) is 10.2 Å². The standard InChI is InChI=1S/C17H21N3O2/c1-12-10-15(19(6-8-21)7-9-22)17-13-4-2-3-5-14(13)20(18)16(17)11-12/h2-5,10-11,21-22H,6-9,18H2,1H3. The molecule has 0 aliphatic carbocycles. The van der Waals surface area contributed by atoms with Gasteiger partial charge in [-0.2, -0.15) is 0 Å². The summed E-state index contributed by atoms with van der Waals surface area (Å²) in [6.07, 6.45) is 0. The molecule has 0 aliphatic rings. The molecule has 3 aromatic rings. The molecule has 0 atom stereocenters. The van der Waals surface area contributed by atoms with Crippen LogP contribution in [0.5, 0.6) is 0 Å². The van der Waals surface area contributed by atoms with Gasteiger partial charge in [0.1, 0.15) is 0 Å². The van der Waals surface area contributed by atoms with E-state index in [0.29, 0.717) is 13.1 Å². The summed E-state index contributed by atoms with van der Waals surface area (Å²) in [7, 11) is 0. The maximum atomic E-state index is 9.33. The molecule has 1 aromatic heterocycles. The number of hydrogen-bond acceptors (Lipinski definition) is 4. The van der Waals surface area contributed by atoms with Gasteiger partial charge in [0.25, 0.3) is 0 Å². The van der Waals surface area contributed by atoms with E-state index in [4.69, 9.17) is 5.84 Å². The summed E-state index contributed by atoms with van der Waals surface area (Å²) in [5.74, 6) is 6.26. The number of nitrogen functional groups attached to an aromatic ring is 1. The number of benzene rings is 2. The molecule has 3 rings (SSSR count). The molecular weight excluding hydrogens is 278 g/mol. The molecule has 0 spiro atoms. The first-order chi connectivity index (χ1) is 10.7. The quantitative estimate of drug-likeness (QED) is 0.626. The summed E-state index contributed by atoms with van der Waals surface area (Å²) < 4.78 is 1.71. The Kier molecular flexibility index (Phi) is 3.92. The van der Waals surface area contributed by atoms with Crippen LogP contribution in [0.15, 0.2) is 36.4 Å². The number of aliphatic hydroxyl groups is 2. The van der Waals surface area contributed by atoms with Crippen molar-refractivity contribution < 1.29 is 10.2 Å². The van der Waals surface area contributed by atoms with E-state index < -0.39 is 0 Å². The second-order valence-electron chi connectivity index (χ2n) is 5.50. The summed E-state index contributed by atoms with van der Waals surface area (Å²) in [4.78, 5) is 2.00. The van der Waals surface area contributed by atoms with E-state index in [-0.39, 0.29) is 13.2 Å². The van der Waals surface area contributed by atoms with Gasteiger partial charge in [0.15, 0.2) is 0 Å². The van der Waals surface area contributed by atoms with E-state index in [2.05, 4.69) is 18.2 Å². The number of aliphatic hydroxyl groups excluding tert-OH is 2. The van der Waals surface area contributed by atoms with E-state index >= 15 is 0 Å². The van der Waals surface area contributed by atoms with Crippen molar-refractivity contribution in [2.24, 2.45) is 0 Å². The predicted octanol–water partition coefficient (Wildman–Crippen LogP) is 1.61. The zero-order chi connectivity index (χ0) is 15.7. The van der Waals surface area contributed by atoms with Crippen molar-refractivity contribution in [2.75, 3.05) is 37.0 Å². The number of aromatic nitrogens is 1. The van der Waals surface area contributed by atoms with Crippen LogP contribution in [-0.4, -0.2) is 41.2 Å². The number of nitrogens with two attached hydrogens (primary N) is 1. The highest BCUT2D eigenvalue weighted by Crippen LogP contribution is 2.35. The summed E-state index contributed by atoms with van der Waals surface area (Å²) in [5, 5.41) is 20.8. The summed E-state index contributed by atoms with van der Waals surface area (Å²) >= 11 is 0. The third-order valence-electron chi connectivity index (χ3n) is 4.01. The molecule has 2 aromatic carbocycles. The Morgan fingerprint density at radius 3 is 2.41 bits per heavy atom. The Hall–Kier alpha value is -2.24. The van der Waals surface area contributed by atoms with Crippen molar-refractivity contribution in [3.8, 4) is 0 Å². The minimum Gasteiger partial charge on any atom is -0.395 e. The third kappa shape index (κ3) is 2.28. The van der Waals surface area contributed by atoms with Crippen LogP contribution in [0.3, 0.4) is 0 Å². The highest BCUT2D eigenvalue weighted by Gasteiger charge is 2.17. The molecule has 116 valence electrons. The zero-order valence-corrected chi connectivity index (χ0v) is 12.7. The molecule has 1 heterocycles.